The molecule has 0 fully saturated rings. The van der Waals surface area contributed by atoms with Crippen LogP contribution >= 0.6 is 11.6 Å². The third-order valence-corrected chi connectivity index (χ3v) is 2.40. The van der Waals surface area contributed by atoms with Crippen LogP contribution in [0.5, 0.6) is 0 Å². The molecule has 1 atom stereocenters. The van der Waals surface area contributed by atoms with Crippen molar-refractivity contribution in [2.75, 3.05) is 7.11 Å². The average Bonchev–Trinajstić information content (AvgIpc) is 2.28. The molecule has 0 aromatic heterocycles. The molecule has 0 aliphatic rings. The number of nitrogens with zero attached hydrogens (tertiary/aromatic N) is 1. The van der Waals surface area contributed by atoms with Crippen LogP contribution in [-0.2, 0) is 9.53 Å². The van der Waals surface area contributed by atoms with Crippen LogP contribution in [-0.4, -0.2) is 18.2 Å². The van der Waals surface area contributed by atoms with Crippen LogP contribution in [0.15, 0.2) is 16.9 Å². The summed E-state index contributed by atoms with van der Waals surface area (Å²) >= 11 is 5.90. The first kappa shape index (κ1) is 15.0. The Bertz CT molecular complexity index is 288. The predicted octanol–water partition coefficient (Wildman–Crippen LogP) is 2.42. The van der Waals surface area contributed by atoms with Gasteiger partial charge in [0.25, 0.3) is 0 Å². The second-order valence-corrected chi connectivity index (χ2v) is 3.75. The molecule has 0 aliphatic carbocycles. The second-order valence-electron chi connectivity index (χ2n) is 3.31. The molecular formula is C11H19ClN2O2. The topological polar surface area (TPSA) is 64.7 Å². The number of carbonyl (C=O) groups excluding carboxylic acids is 1. The Balaban J connectivity index is 4.84. The third kappa shape index (κ3) is 4.66. The van der Waals surface area contributed by atoms with Crippen molar-refractivity contribution in [3.63, 3.8) is 0 Å². The standard InChI is InChI=1S/C11H19ClN2O2/c1-4-6-10(12)14-9(7-13)8(5-2)11(15)16-3/h7-8H,4-6,13H2,1-3H3/b9-7-,14-10+. The fourth-order valence-corrected chi connectivity index (χ4v) is 1.56. The molecule has 0 aromatic rings. The van der Waals surface area contributed by atoms with Gasteiger partial charge in [-0.3, -0.25) is 4.79 Å². The van der Waals surface area contributed by atoms with Gasteiger partial charge in [0.05, 0.1) is 12.8 Å². The first-order chi connectivity index (χ1) is 7.60. The van der Waals surface area contributed by atoms with Crippen LogP contribution in [0.2, 0.25) is 0 Å². The number of rotatable bonds is 6. The summed E-state index contributed by atoms with van der Waals surface area (Å²) in [5, 5.41) is 0.460. The highest BCUT2D eigenvalue weighted by atomic mass is 35.5. The highest BCUT2D eigenvalue weighted by Gasteiger charge is 2.21. The zero-order valence-electron chi connectivity index (χ0n) is 10.00. The van der Waals surface area contributed by atoms with Crippen molar-refractivity contribution in [1.29, 1.82) is 0 Å². The molecule has 0 heterocycles. The summed E-state index contributed by atoms with van der Waals surface area (Å²) in [6.45, 7) is 3.87. The van der Waals surface area contributed by atoms with Crippen molar-refractivity contribution in [1.82, 2.24) is 0 Å². The van der Waals surface area contributed by atoms with E-state index in [1.807, 2.05) is 13.8 Å². The average molecular weight is 247 g/mol. The van der Waals surface area contributed by atoms with Crippen LogP contribution in [0.4, 0.5) is 0 Å². The molecule has 0 aromatic carbocycles. The maximum atomic E-state index is 11.5. The number of hydrogen-bond donors (Lipinski definition) is 1. The van der Waals surface area contributed by atoms with Gasteiger partial charge in [-0.15, -0.1) is 0 Å². The quantitative estimate of drug-likeness (QED) is 0.578. The van der Waals surface area contributed by atoms with E-state index in [9.17, 15) is 4.79 Å². The molecule has 0 amide bonds. The number of methoxy groups -OCH3 is 1. The van der Waals surface area contributed by atoms with Gasteiger partial charge in [0.15, 0.2) is 0 Å². The van der Waals surface area contributed by atoms with E-state index in [4.69, 9.17) is 17.3 Å². The van der Waals surface area contributed by atoms with Gasteiger partial charge in [-0.1, -0.05) is 25.4 Å². The summed E-state index contributed by atoms with van der Waals surface area (Å²) in [5.41, 5.74) is 5.92. The van der Waals surface area contributed by atoms with E-state index >= 15 is 0 Å². The van der Waals surface area contributed by atoms with E-state index in [-0.39, 0.29) is 5.97 Å². The van der Waals surface area contributed by atoms with E-state index in [0.717, 1.165) is 6.42 Å². The normalized spacial score (nSPS) is 14.8. The van der Waals surface area contributed by atoms with E-state index in [1.165, 1.54) is 13.3 Å². The van der Waals surface area contributed by atoms with E-state index in [2.05, 4.69) is 9.73 Å². The van der Waals surface area contributed by atoms with E-state index < -0.39 is 5.92 Å². The SMILES string of the molecule is CCC/C(Cl)=N\C(=C/N)C(CC)C(=O)OC. The van der Waals surface area contributed by atoms with Gasteiger partial charge in [0.2, 0.25) is 0 Å². The number of ether oxygens (including phenoxy) is 1. The minimum absolute atomic E-state index is 0.344. The summed E-state index contributed by atoms with van der Waals surface area (Å²) in [6, 6.07) is 0. The van der Waals surface area contributed by atoms with Crippen molar-refractivity contribution in [3.05, 3.63) is 11.9 Å². The minimum atomic E-state index is -0.444. The lowest BCUT2D eigenvalue weighted by Crippen LogP contribution is -2.18. The zero-order chi connectivity index (χ0) is 12.6. The maximum absolute atomic E-state index is 11.5. The lowest BCUT2D eigenvalue weighted by atomic mass is 10.0. The molecule has 0 radical (unpaired) electrons. The van der Waals surface area contributed by atoms with Crippen LogP contribution in [0.1, 0.15) is 33.1 Å². The van der Waals surface area contributed by atoms with Crippen molar-refractivity contribution in [3.8, 4) is 0 Å². The van der Waals surface area contributed by atoms with Crippen LogP contribution < -0.4 is 5.73 Å². The second kappa shape index (κ2) is 8.16. The molecule has 0 rings (SSSR count). The molecule has 0 saturated carbocycles. The van der Waals surface area contributed by atoms with E-state index in [1.54, 1.807) is 0 Å². The molecule has 0 bridgehead atoms. The smallest absolute Gasteiger partial charge is 0.314 e. The van der Waals surface area contributed by atoms with Crippen LogP contribution in [0.3, 0.4) is 0 Å². The first-order valence-electron chi connectivity index (χ1n) is 5.33. The van der Waals surface area contributed by atoms with Gasteiger partial charge in [-0.2, -0.15) is 0 Å². The Morgan fingerprint density at radius 2 is 2.19 bits per heavy atom. The Labute approximate surface area is 102 Å². The Kier molecular flexibility index (Phi) is 7.64. The Hall–Kier alpha value is -1.03. The van der Waals surface area contributed by atoms with Crippen molar-refractivity contribution in [2.24, 2.45) is 16.6 Å². The zero-order valence-corrected chi connectivity index (χ0v) is 10.8. The van der Waals surface area contributed by atoms with Crippen molar-refractivity contribution >= 4 is 22.7 Å². The van der Waals surface area contributed by atoms with Crippen LogP contribution in [0, 0.1) is 5.92 Å². The first-order valence-corrected chi connectivity index (χ1v) is 5.71. The number of halogens is 1. The molecule has 2 N–H and O–H groups in total. The van der Waals surface area contributed by atoms with E-state index in [0.29, 0.717) is 23.7 Å². The number of hydrogen-bond acceptors (Lipinski definition) is 4. The summed E-state index contributed by atoms with van der Waals surface area (Å²) in [7, 11) is 1.34. The number of esters is 1. The fraction of sp³-hybridized carbons (Fsp3) is 0.636. The van der Waals surface area contributed by atoms with Crippen molar-refractivity contribution in [2.45, 2.75) is 33.1 Å². The lowest BCUT2D eigenvalue weighted by molar-refractivity contribution is -0.144. The predicted molar refractivity (Wildman–Crippen MR) is 66.3 cm³/mol. The number of aliphatic imine (C=N–C) groups is 1. The number of carbonyl (C=O) groups is 1. The largest absolute Gasteiger partial charge is 0.469 e. The molecule has 0 saturated heterocycles. The third-order valence-electron chi connectivity index (χ3n) is 2.13. The Morgan fingerprint density at radius 3 is 2.56 bits per heavy atom. The minimum Gasteiger partial charge on any atom is -0.469 e. The fourth-order valence-electron chi connectivity index (χ4n) is 1.27. The Morgan fingerprint density at radius 1 is 1.56 bits per heavy atom. The van der Waals surface area contributed by atoms with Gasteiger partial charge in [-0.05, 0) is 12.8 Å². The molecule has 92 valence electrons. The molecular weight excluding hydrogens is 228 g/mol. The molecule has 4 nitrogen and oxygen atoms in total. The van der Waals surface area contributed by atoms with Gasteiger partial charge < -0.3 is 10.5 Å². The van der Waals surface area contributed by atoms with Gasteiger partial charge >= 0.3 is 5.97 Å². The monoisotopic (exact) mass is 246 g/mol. The maximum Gasteiger partial charge on any atom is 0.314 e. The summed E-state index contributed by atoms with van der Waals surface area (Å²) < 4.78 is 4.68. The highest BCUT2D eigenvalue weighted by molar-refractivity contribution is 6.65. The highest BCUT2D eigenvalue weighted by Crippen LogP contribution is 2.18. The van der Waals surface area contributed by atoms with Gasteiger partial charge in [0, 0.05) is 12.6 Å². The molecule has 5 heteroatoms. The van der Waals surface area contributed by atoms with Crippen molar-refractivity contribution < 1.29 is 9.53 Å². The summed E-state index contributed by atoms with van der Waals surface area (Å²) in [4.78, 5) is 15.6. The molecule has 0 aliphatic heterocycles. The van der Waals surface area contributed by atoms with Gasteiger partial charge in [-0.25, -0.2) is 4.99 Å². The lowest BCUT2D eigenvalue weighted by Gasteiger charge is -2.12. The number of nitrogens with two attached hydrogens (primary N) is 1. The molecule has 0 spiro atoms. The molecule has 1 unspecified atom stereocenters. The van der Waals surface area contributed by atoms with Gasteiger partial charge in [0.1, 0.15) is 11.1 Å². The summed E-state index contributed by atoms with van der Waals surface area (Å²) in [6.07, 6.45) is 3.46. The summed E-state index contributed by atoms with van der Waals surface area (Å²) in [5.74, 6) is -0.787. The molecule has 16 heavy (non-hydrogen) atoms. The van der Waals surface area contributed by atoms with Crippen LogP contribution in [0.25, 0.3) is 0 Å².